The predicted molar refractivity (Wildman–Crippen MR) is 75.8 cm³/mol. The molecular formula is C13H11ClN2OS. The topological polar surface area (TPSA) is 35.0 Å². The van der Waals surface area contributed by atoms with Gasteiger partial charge in [0.15, 0.2) is 0 Å². The summed E-state index contributed by atoms with van der Waals surface area (Å²) in [5.74, 6) is 1.87. The fraction of sp³-hybridized carbons (Fsp3) is 0.231. The lowest BCUT2D eigenvalue weighted by Crippen LogP contribution is -1.93. The molecule has 0 spiro atoms. The maximum atomic E-state index is 5.82. The van der Waals surface area contributed by atoms with E-state index in [1.165, 1.54) is 0 Å². The van der Waals surface area contributed by atoms with E-state index in [4.69, 9.17) is 16.3 Å². The predicted octanol–water partition coefficient (Wildman–Crippen LogP) is 3.90. The number of alkyl halides is 1. The van der Waals surface area contributed by atoms with Crippen LogP contribution >= 0.6 is 22.9 Å². The highest BCUT2D eigenvalue weighted by atomic mass is 35.5. The number of halogens is 1. The molecule has 5 heteroatoms. The third-order valence-corrected chi connectivity index (χ3v) is 4.35. The summed E-state index contributed by atoms with van der Waals surface area (Å²) in [5.41, 5.74) is 1.97. The molecule has 0 amide bonds. The first-order chi connectivity index (χ1) is 8.72. The highest BCUT2D eigenvalue weighted by Crippen LogP contribution is 2.36. The van der Waals surface area contributed by atoms with E-state index in [-0.39, 0.29) is 0 Å². The van der Waals surface area contributed by atoms with Gasteiger partial charge in [-0.2, -0.15) is 0 Å². The molecule has 0 aliphatic carbocycles. The molecule has 92 valence electrons. The Hall–Kier alpha value is -1.39. The lowest BCUT2D eigenvalue weighted by molar-refractivity contribution is 0.415. The van der Waals surface area contributed by atoms with Crippen LogP contribution in [0.25, 0.3) is 20.3 Å². The molecule has 0 N–H and O–H groups in total. The normalized spacial score (nSPS) is 11.3. The number of ether oxygens (including phenoxy) is 1. The summed E-state index contributed by atoms with van der Waals surface area (Å²) in [5, 5.41) is 1.13. The Morgan fingerprint density at radius 1 is 1.33 bits per heavy atom. The second-order valence-corrected chi connectivity index (χ2v) is 5.32. The van der Waals surface area contributed by atoms with Crippen molar-refractivity contribution in [1.29, 1.82) is 0 Å². The van der Waals surface area contributed by atoms with Gasteiger partial charge in [0.25, 0.3) is 0 Å². The van der Waals surface area contributed by atoms with E-state index >= 15 is 0 Å². The Bertz CT molecular complexity index is 739. The van der Waals surface area contributed by atoms with Gasteiger partial charge in [0.1, 0.15) is 11.6 Å². The van der Waals surface area contributed by atoms with Gasteiger partial charge >= 0.3 is 0 Å². The zero-order valence-corrected chi connectivity index (χ0v) is 11.6. The van der Waals surface area contributed by atoms with Crippen molar-refractivity contribution >= 4 is 43.2 Å². The zero-order valence-electron chi connectivity index (χ0n) is 10.0. The van der Waals surface area contributed by atoms with Crippen LogP contribution in [0.3, 0.4) is 0 Å². The SMILES string of the molecule is COc1ccc2c(c1)sc1c(C)nc(CCl)nc12. The van der Waals surface area contributed by atoms with Crippen LogP contribution in [-0.2, 0) is 5.88 Å². The van der Waals surface area contributed by atoms with E-state index in [1.807, 2.05) is 25.1 Å². The van der Waals surface area contributed by atoms with Crippen molar-refractivity contribution in [3.8, 4) is 5.75 Å². The summed E-state index contributed by atoms with van der Waals surface area (Å²) < 4.78 is 7.52. The van der Waals surface area contributed by atoms with Gasteiger partial charge in [-0.1, -0.05) is 0 Å². The van der Waals surface area contributed by atoms with Gasteiger partial charge in [-0.05, 0) is 25.1 Å². The molecule has 0 saturated heterocycles. The van der Waals surface area contributed by atoms with Gasteiger partial charge in [0, 0.05) is 10.1 Å². The summed E-state index contributed by atoms with van der Waals surface area (Å²) in [7, 11) is 1.67. The van der Waals surface area contributed by atoms with Crippen molar-refractivity contribution in [2.24, 2.45) is 0 Å². The number of methoxy groups -OCH3 is 1. The average molecular weight is 279 g/mol. The Morgan fingerprint density at radius 2 is 2.17 bits per heavy atom. The van der Waals surface area contributed by atoms with E-state index in [9.17, 15) is 0 Å². The zero-order chi connectivity index (χ0) is 12.7. The van der Waals surface area contributed by atoms with Gasteiger partial charge < -0.3 is 4.74 Å². The Morgan fingerprint density at radius 3 is 2.89 bits per heavy atom. The van der Waals surface area contributed by atoms with Crippen LogP contribution in [0.4, 0.5) is 0 Å². The number of aromatic nitrogens is 2. The number of hydrogen-bond donors (Lipinski definition) is 0. The van der Waals surface area contributed by atoms with Crippen LogP contribution in [0.5, 0.6) is 5.75 Å². The molecular weight excluding hydrogens is 268 g/mol. The van der Waals surface area contributed by atoms with Crippen LogP contribution in [0.1, 0.15) is 11.5 Å². The number of fused-ring (bicyclic) bond motifs is 3. The van der Waals surface area contributed by atoms with Gasteiger partial charge in [-0.3, -0.25) is 0 Å². The minimum atomic E-state index is 0.338. The molecule has 0 radical (unpaired) electrons. The Balaban J connectivity index is 2.39. The largest absolute Gasteiger partial charge is 0.497 e. The van der Waals surface area contributed by atoms with Crippen LogP contribution in [0.15, 0.2) is 18.2 Å². The van der Waals surface area contributed by atoms with Crippen LogP contribution in [-0.4, -0.2) is 17.1 Å². The van der Waals surface area contributed by atoms with Gasteiger partial charge in [0.05, 0.1) is 28.9 Å². The number of hydrogen-bond acceptors (Lipinski definition) is 4. The quantitative estimate of drug-likeness (QED) is 0.667. The van der Waals surface area contributed by atoms with Crippen molar-refractivity contribution < 1.29 is 4.74 Å². The Labute approximate surface area is 113 Å². The lowest BCUT2D eigenvalue weighted by Gasteiger charge is -1.99. The number of benzene rings is 1. The van der Waals surface area contributed by atoms with Gasteiger partial charge in [-0.25, -0.2) is 9.97 Å². The molecule has 0 saturated carbocycles. The number of aryl methyl sites for hydroxylation is 1. The van der Waals surface area contributed by atoms with Crippen molar-refractivity contribution in [1.82, 2.24) is 9.97 Å². The minimum Gasteiger partial charge on any atom is -0.497 e. The molecule has 0 atom stereocenters. The molecule has 3 nitrogen and oxygen atoms in total. The van der Waals surface area contributed by atoms with Crippen molar-refractivity contribution in [2.45, 2.75) is 12.8 Å². The molecule has 1 aromatic carbocycles. The van der Waals surface area contributed by atoms with Crippen LogP contribution in [0, 0.1) is 6.92 Å². The molecule has 0 aliphatic heterocycles. The van der Waals surface area contributed by atoms with E-state index in [0.29, 0.717) is 11.7 Å². The van der Waals surface area contributed by atoms with Crippen LogP contribution in [0.2, 0.25) is 0 Å². The third kappa shape index (κ3) is 1.72. The first-order valence-corrected chi connectivity index (χ1v) is 6.87. The second kappa shape index (κ2) is 4.37. The highest BCUT2D eigenvalue weighted by Gasteiger charge is 2.11. The summed E-state index contributed by atoms with van der Waals surface area (Å²) in [6.45, 7) is 1.99. The standard InChI is InChI=1S/C13H11ClN2OS/c1-7-13-12(16-11(6-14)15-7)9-4-3-8(17-2)5-10(9)18-13/h3-5H,6H2,1-2H3. The van der Waals surface area contributed by atoms with Crippen molar-refractivity contribution in [2.75, 3.05) is 7.11 Å². The highest BCUT2D eigenvalue weighted by molar-refractivity contribution is 7.25. The maximum Gasteiger partial charge on any atom is 0.144 e. The smallest absolute Gasteiger partial charge is 0.144 e. The fourth-order valence-electron chi connectivity index (χ4n) is 2.00. The molecule has 0 fully saturated rings. The number of nitrogens with zero attached hydrogens (tertiary/aromatic N) is 2. The van der Waals surface area contributed by atoms with E-state index in [2.05, 4.69) is 9.97 Å². The molecule has 0 bridgehead atoms. The molecule has 3 rings (SSSR count). The van der Waals surface area contributed by atoms with Gasteiger partial charge in [0.2, 0.25) is 0 Å². The van der Waals surface area contributed by atoms with Gasteiger partial charge in [-0.15, -0.1) is 22.9 Å². The maximum absolute atomic E-state index is 5.82. The first-order valence-electron chi connectivity index (χ1n) is 5.52. The average Bonchev–Trinajstić information content (AvgIpc) is 2.76. The molecule has 2 heterocycles. The molecule has 0 aliphatic rings. The summed E-state index contributed by atoms with van der Waals surface area (Å²) in [6, 6.07) is 6.02. The van der Waals surface area contributed by atoms with Crippen molar-refractivity contribution in [3.63, 3.8) is 0 Å². The van der Waals surface area contributed by atoms with Crippen molar-refractivity contribution in [3.05, 3.63) is 29.7 Å². The summed E-state index contributed by atoms with van der Waals surface area (Å²) in [4.78, 5) is 8.92. The molecule has 3 aromatic rings. The lowest BCUT2D eigenvalue weighted by atomic mass is 10.2. The molecule has 18 heavy (non-hydrogen) atoms. The fourth-order valence-corrected chi connectivity index (χ4v) is 3.24. The number of rotatable bonds is 2. The molecule has 0 unspecified atom stereocenters. The molecule has 2 aromatic heterocycles. The summed E-state index contributed by atoms with van der Waals surface area (Å²) in [6.07, 6.45) is 0. The van der Waals surface area contributed by atoms with Crippen LogP contribution < -0.4 is 4.74 Å². The second-order valence-electron chi connectivity index (χ2n) is 4.00. The third-order valence-electron chi connectivity index (χ3n) is 2.86. The number of thiophene rings is 1. The monoisotopic (exact) mass is 278 g/mol. The Kier molecular flexibility index (Phi) is 2.84. The minimum absolute atomic E-state index is 0.338. The first kappa shape index (κ1) is 11.7. The van der Waals surface area contributed by atoms with E-state index in [0.717, 1.165) is 31.7 Å². The van der Waals surface area contributed by atoms with E-state index in [1.54, 1.807) is 18.4 Å². The summed E-state index contributed by atoms with van der Waals surface area (Å²) >= 11 is 7.51. The van der Waals surface area contributed by atoms with E-state index < -0.39 is 0 Å².